The first-order chi connectivity index (χ1) is 4.95. The lowest BCUT2D eigenvalue weighted by Gasteiger charge is -2.18. The maximum atomic E-state index is 10.7. The Kier molecular flexibility index (Phi) is 3.57. The zero-order valence-corrected chi connectivity index (χ0v) is 6.84. The summed E-state index contributed by atoms with van der Waals surface area (Å²) < 4.78 is 8.86. The van der Waals surface area contributed by atoms with Gasteiger partial charge < -0.3 is 9.47 Å². The normalized spacial score (nSPS) is 10.5. The maximum absolute atomic E-state index is 10.7. The molecule has 0 rings (SSSR count). The van der Waals surface area contributed by atoms with Crippen molar-refractivity contribution in [2.45, 2.75) is 26.4 Å². The van der Waals surface area contributed by atoms with Crippen LogP contribution in [0.1, 0.15) is 20.8 Å². The smallest absolute Gasteiger partial charge is 0.418 e. The van der Waals surface area contributed by atoms with E-state index >= 15 is 0 Å². The number of hydrogen-bond donors (Lipinski definition) is 0. The average Bonchev–Trinajstić information content (AvgIpc) is 1.79. The average molecular weight is 159 g/mol. The van der Waals surface area contributed by atoms with Crippen LogP contribution in [0, 0.1) is 0 Å². The van der Waals surface area contributed by atoms with E-state index in [4.69, 9.17) is 4.74 Å². The third-order valence-electron chi connectivity index (χ3n) is 0.669. The third-order valence-corrected chi connectivity index (χ3v) is 0.669. The Morgan fingerprint density at radius 1 is 1.45 bits per heavy atom. The highest BCUT2D eigenvalue weighted by molar-refractivity contribution is 5.72. The molecule has 0 fully saturated rings. The monoisotopic (exact) mass is 159 g/mol. The van der Waals surface area contributed by atoms with Gasteiger partial charge in [0.05, 0.1) is 0 Å². The number of carbonyl (C=O) groups is 1. The first kappa shape index (κ1) is 9.94. The van der Waals surface area contributed by atoms with Crippen LogP contribution >= 0.6 is 0 Å². The van der Waals surface area contributed by atoms with Crippen LogP contribution in [-0.4, -0.2) is 24.6 Å². The van der Waals surface area contributed by atoms with Crippen molar-refractivity contribution in [1.82, 2.24) is 0 Å². The summed E-state index contributed by atoms with van der Waals surface area (Å²) in [5.74, 6) is -0.569. The predicted octanol–water partition coefficient (Wildman–Crippen LogP) is 0.412. The molecule has 0 unspecified atom stereocenters. The lowest BCUT2D eigenvalue weighted by Crippen LogP contribution is -2.26. The largest absolute Gasteiger partial charge is 0.457 e. The van der Waals surface area contributed by atoms with E-state index in [0.29, 0.717) is 0 Å². The first-order valence-electron chi connectivity index (χ1n) is 3.16. The van der Waals surface area contributed by atoms with Gasteiger partial charge in [0.1, 0.15) is 5.60 Å². The van der Waals surface area contributed by atoms with Crippen molar-refractivity contribution < 1.29 is 19.1 Å². The van der Waals surface area contributed by atoms with Crippen LogP contribution in [0.3, 0.4) is 0 Å². The fourth-order valence-corrected chi connectivity index (χ4v) is 0.459. The highest BCUT2D eigenvalue weighted by Gasteiger charge is 2.15. The molecule has 0 aliphatic heterocycles. The molecule has 1 radical (unpaired) electrons. The van der Waals surface area contributed by atoms with Crippen molar-refractivity contribution in [3.63, 3.8) is 0 Å². The second kappa shape index (κ2) is 3.95. The first-order valence-corrected chi connectivity index (χ1v) is 3.16. The predicted molar refractivity (Wildman–Crippen MR) is 37.5 cm³/mol. The molecule has 0 aromatic heterocycles. The summed E-state index contributed by atoms with van der Waals surface area (Å²) in [6, 6.07) is 0. The fourth-order valence-electron chi connectivity index (χ4n) is 0.459. The van der Waals surface area contributed by atoms with E-state index in [9.17, 15) is 9.59 Å². The Hall–Kier alpha value is -1.06. The van der Waals surface area contributed by atoms with Crippen molar-refractivity contribution >= 4 is 12.4 Å². The molecule has 0 aromatic rings. The molecule has 0 saturated carbocycles. The Morgan fingerprint density at radius 3 is 2.36 bits per heavy atom. The van der Waals surface area contributed by atoms with E-state index < -0.39 is 11.6 Å². The van der Waals surface area contributed by atoms with E-state index in [-0.39, 0.29) is 6.61 Å². The van der Waals surface area contributed by atoms with Crippen LogP contribution in [0.5, 0.6) is 0 Å². The van der Waals surface area contributed by atoms with Gasteiger partial charge in [0, 0.05) is 0 Å². The van der Waals surface area contributed by atoms with Gasteiger partial charge in [0.25, 0.3) is 0 Å². The SMILES string of the molecule is CC(C)(C)OC(=O)CO[C]=O. The Labute approximate surface area is 65.5 Å². The van der Waals surface area contributed by atoms with Gasteiger partial charge in [-0.05, 0) is 20.8 Å². The minimum atomic E-state index is -0.569. The van der Waals surface area contributed by atoms with Crippen LogP contribution in [0.4, 0.5) is 0 Å². The lowest BCUT2D eigenvalue weighted by atomic mass is 10.2. The molecule has 0 aliphatic carbocycles. The molecule has 0 bridgehead atoms. The van der Waals surface area contributed by atoms with Crippen LogP contribution < -0.4 is 0 Å². The molecule has 4 heteroatoms. The van der Waals surface area contributed by atoms with Crippen molar-refractivity contribution in [3.8, 4) is 0 Å². The number of rotatable bonds is 3. The van der Waals surface area contributed by atoms with Crippen molar-refractivity contribution in [2.24, 2.45) is 0 Å². The van der Waals surface area contributed by atoms with Gasteiger partial charge >= 0.3 is 12.4 Å². The van der Waals surface area contributed by atoms with Gasteiger partial charge in [-0.25, -0.2) is 9.59 Å². The van der Waals surface area contributed by atoms with Crippen molar-refractivity contribution in [3.05, 3.63) is 0 Å². The van der Waals surface area contributed by atoms with Gasteiger partial charge in [-0.2, -0.15) is 0 Å². The number of hydrogen-bond acceptors (Lipinski definition) is 4. The molecule has 0 atom stereocenters. The zero-order chi connectivity index (χ0) is 8.91. The number of esters is 1. The molecule has 11 heavy (non-hydrogen) atoms. The zero-order valence-electron chi connectivity index (χ0n) is 6.84. The minimum absolute atomic E-state index is 0.374. The molecule has 0 saturated heterocycles. The summed E-state index contributed by atoms with van der Waals surface area (Å²) >= 11 is 0. The number of ether oxygens (including phenoxy) is 2. The Morgan fingerprint density at radius 2 is 2.00 bits per heavy atom. The van der Waals surface area contributed by atoms with Crippen LogP contribution in [0.25, 0.3) is 0 Å². The highest BCUT2D eigenvalue weighted by Crippen LogP contribution is 2.06. The number of carbonyl (C=O) groups excluding carboxylic acids is 2. The fraction of sp³-hybridized carbons (Fsp3) is 0.714. The van der Waals surface area contributed by atoms with Crippen molar-refractivity contribution in [1.29, 1.82) is 0 Å². The van der Waals surface area contributed by atoms with E-state index in [0.717, 1.165) is 6.47 Å². The second-order valence-electron chi connectivity index (χ2n) is 2.96. The van der Waals surface area contributed by atoms with Gasteiger partial charge in [0.15, 0.2) is 6.61 Å². The third kappa shape index (κ3) is 6.83. The lowest BCUT2D eigenvalue weighted by molar-refractivity contribution is -0.157. The molecule has 0 aliphatic rings. The Bertz CT molecular complexity index is 145. The topological polar surface area (TPSA) is 52.6 Å². The molecule has 4 nitrogen and oxygen atoms in total. The molecule has 0 N–H and O–H groups in total. The highest BCUT2D eigenvalue weighted by atomic mass is 16.6. The molecule has 0 aromatic carbocycles. The van der Waals surface area contributed by atoms with Gasteiger partial charge in [-0.15, -0.1) is 0 Å². The van der Waals surface area contributed by atoms with Gasteiger partial charge in [-0.1, -0.05) is 0 Å². The molecular weight excluding hydrogens is 148 g/mol. The molecule has 0 amide bonds. The van der Waals surface area contributed by atoms with E-state index in [1.54, 1.807) is 20.8 Å². The standard InChI is InChI=1S/C7H11O4/c1-7(2,3)11-6(9)4-10-5-8/h4H2,1-3H3. The maximum Gasteiger partial charge on any atom is 0.418 e. The molecular formula is C7H11O4. The Balaban J connectivity index is 3.61. The van der Waals surface area contributed by atoms with Gasteiger partial charge in [-0.3, -0.25) is 0 Å². The summed E-state index contributed by atoms with van der Waals surface area (Å²) in [6.07, 6.45) is 0. The van der Waals surface area contributed by atoms with E-state index in [1.165, 1.54) is 0 Å². The summed E-state index contributed by atoms with van der Waals surface area (Å²) in [5.41, 5.74) is -0.538. The summed E-state index contributed by atoms with van der Waals surface area (Å²) in [6.45, 7) is 5.95. The molecule has 0 spiro atoms. The van der Waals surface area contributed by atoms with Crippen molar-refractivity contribution in [2.75, 3.05) is 6.61 Å². The van der Waals surface area contributed by atoms with E-state index in [1.807, 2.05) is 0 Å². The van der Waals surface area contributed by atoms with E-state index in [2.05, 4.69) is 4.74 Å². The van der Waals surface area contributed by atoms with Gasteiger partial charge in [0.2, 0.25) is 0 Å². The molecule has 0 heterocycles. The summed E-state index contributed by atoms with van der Waals surface area (Å²) in [5, 5.41) is 0. The molecule has 63 valence electrons. The minimum Gasteiger partial charge on any atom is -0.457 e. The van der Waals surface area contributed by atoms with Crippen LogP contribution in [0.15, 0.2) is 0 Å². The van der Waals surface area contributed by atoms with Crippen LogP contribution in [-0.2, 0) is 19.1 Å². The summed E-state index contributed by atoms with van der Waals surface area (Å²) in [4.78, 5) is 20.2. The quantitative estimate of drug-likeness (QED) is 0.560. The summed E-state index contributed by atoms with van der Waals surface area (Å²) in [7, 11) is 0. The van der Waals surface area contributed by atoms with Crippen LogP contribution in [0.2, 0.25) is 0 Å². The second-order valence-corrected chi connectivity index (χ2v) is 2.96.